The molecule has 0 aromatic carbocycles. The minimum Gasteiger partial charge on any atom is -0.460 e. The zero-order valence-corrected chi connectivity index (χ0v) is 13.9. The zero-order chi connectivity index (χ0) is 15.2. The summed E-state index contributed by atoms with van der Waals surface area (Å²) in [5, 5.41) is 0. The van der Waals surface area contributed by atoms with Crippen LogP contribution in [0.25, 0.3) is 0 Å². The lowest BCUT2D eigenvalue weighted by atomic mass is 10.1. The number of carbonyl (C=O) groups excluding carboxylic acids is 1. The van der Waals surface area contributed by atoms with Crippen molar-refractivity contribution in [2.45, 2.75) is 96.5 Å². The molecule has 1 aliphatic heterocycles. The van der Waals surface area contributed by atoms with Gasteiger partial charge in [-0.2, -0.15) is 0 Å². The molecular formula is C18H34O3. The van der Waals surface area contributed by atoms with Gasteiger partial charge >= 0.3 is 5.97 Å². The fraction of sp³-hybridized carbons (Fsp3) is 0.944. The molecule has 124 valence electrons. The van der Waals surface area contributed by atoms with Crippen LogP contribution in [0.5, 0.6) is 0 Å². The van der Waals surface area contributed by atoms with Crippen LogP contribution in [0.3, 0.4) is 0 Å². The molecule has 0 spiro atoms. The Labute approximate surface area is 130 Å². The van der Waals surface area contributed by atoms with E-state index >= 15 is 0 Å². The number of rotatable bonds is 13. The highest BCUT2D eigenvalue weighted by molar-refractivity contribution is 5.69. The molecule has 0 aromatic heterocycles. The molecule has 0 N–H and O–H groups in total. The van der Waals surface area contributed by atoms with Crippen LogP contribution in [0.2, 0.25) is 0 Å². The average Bonchev–Trinajstić information content (AvgIpc) is 2.97. The molecule has 21 heavy (non-hydrogen) atoms. The van der Waals surface area contributed by atoms with E-state index in [9.17, 15) is 4.79 Å². The van der Waals surface area contributed by atoms with Crippen LogP contribution in [0, 0.1) is 0 Å². The van der Waals surface area contributed by atoms with E-state index in [2.05, 4.69) is 6.92 Å². The van der Waals surface area contributed by atoms with Gasteiger partial charge in [0.15, 0.2) is 0 Å². The Hall–Kier alpha value is -0.570. The first kappa shape index (κ1) is 18.5. The molecule has 0 unspecified atom stereocenters. The van der Waals surface area contributed by atoms with Gasteiger partial charge in [-0.3, -0.25) is 4.79 Å². The van der Waals surface area contributed by atoms with Crippen molar-refractivity contribution in [3.8, 4) is 0 Å². The predicted molar refractivity (Wildman–Crippen MR) is 86.4 cm³/mol. The van der Waals surface area contributed by atoms with Gasteiger partial charge in [-0.1, -0.05) is 71.1 Å². The molecule has 0 aromatic rings. The number of esters is 1. The fourth-order valence-corrected chi connectivity index (χ4v) is 2.78. The molecule has 0 radical (unpaired) electrons. The normalized spacial score (nSPS) is 18.0. The summed E-state index contributed by atoms with van der Waals surface area (Å²) in [6.45, 7) is 3.58. The van der Waals surface area contributed by atoms with E-state index in [0.29, 0.717) is 13.0 Å². The van der Waals surface area contributed by atoms with Crippen LogP contribution < -0.4 is 0 Å². The third kappa shape index (κ3) is 10.8. The highest BCUT2D eigenvalue weighted by Crippen LogP contribution is 2.13. The van der Waals surface area contributed by atoms with Gasteiger partial charge in [-0.05, 0) is 6.42 Å². The molecule has 0 saturated carbocycles. The van der Waals surface area contributed by atoms with Crippen LogP contribution in [0.15, 0.2) is 0 Å². The molecule has 3 heteroatoms. The van der Waals surface area contributed by atoms with Crippen LogP contribution in [0.1, 0.15) is 90.4 Å². The molecule has 1 fully saturated rings. The SMILES string of the molecule is CCCCCCCCCCCCCC(=O)O[C@@H]1CCOC1. The summed E-state index contributed by atoms with van der Waals surface area (Å²) < 4.78 is 10.5. The van der Waals surface area contributed by atoms with Gasteiger partial charge in [-0.25, -0.2) is 0 Å². The molecule has 1 saturated heterocycles. The van der Waals surface area contributed by atoms with Gasteiger partial charge in [0, 0.05) is 12.8 Å². The van der Waals surface area contributed by atoms with Gasteiger partial charge in [0.2, 0.25) is 0 Å². The van der Waals surface area contributed by atoms with Gasteiger partial charge in [-0.15, -0.1) is 0 Å². The summed E-state index contributed by atoms with van der Waals surface area (Å²) in [6.07, 6.45) is 15.8. The molecule has 1 atom stereocenters. The summed E-state index contributed by atoms with van der Waals surface area (Å²) in [5.74, 6) is -0.0403. The first-order valence-electron chi connectivity index (χ1n) is 9.10. The van der Waals surface area contributed by atoms with Crippen LogP contribution in [0.4, 0.5) is 0 Å². The maximum Gasteiger partial charge on any atom is 0.306 e. The first-order chi connectivity index (χ1) is 10.3. The van der Waals surface area contributed by atoms with Crippen molar-refractivity contribution in [1.29, 1.82) is 0 Å². The van der Waals surface area contributed by atoms with Crippen molar-refractivity contribution in [2.75, 3.05) is 13.2 Å². The Bertz CT molecular complexity index is 247. The van der Waals surface area contributed by atoms with Crippen LogP contribution in [-0.2, 0) is 14.3 Å². The van der Waals surface area contributed by atoms with E-state index < -0.39 is 0 Å². The van der Waals surface area contributed by atoms with Gasteiger partial charge in [0.1, 0.15) is 6.10 Å². The quantitative estimate of drug-likeness (QED) is 0.354. The molecule has 0 aliphatic carbocycles. The monoisotopic (exact) mass is 298 g/mol. The van der Waals surface area contributed by atoms with E-state index in [1.54, 1.807) is 0 Å². The Morgan fingerprint density at radius 1 is 0.952 bits per heavy atom. The zero-order valence-electron chi connectivity index (χ0n) is 13.9. The Morgan fingerprint density at radius 3 is 2.05 bits per heavy atom. The molecule has 0 bridgehead atoms. The van der Waals surface area contributed by atoms with Gasteiger partial charge < -0.3 is 9.47 Å². The van der Waals surface area contributed by atoms with Gasteiger partial charge in [0.05, 0.1) is 13.2 Å². The van der Waals surface area contributed by atoms with E-state index in [4.69, 9.17) is 9.47 Å². The summed E-state index contributed by atoms with van der Waals surface area (Å²) >= 11 is 0. The Balaban J connectivity index is 1.76. The lowest BCUT2D eigenvalue weighted by Crippen LogP contribution is -2.17. The number of carbonyl (C=O) groups is 1. The van der Waals surface area contributed by atoms with Gasteiger partial charge in [0.25, 0.3) is 0 Å². The molecule has 0 amide bonds. The van der Waals surface area contributed by atoms with E-state index in [0.717, 1.165) is 25.9 Å². The van der Waals surface area contributed by atoms with E-state index in [1.807, 2.05) is 0 Å². The van der Waals surface area contributed by atoms with Crippen molar-refractivity contribution in [3.63, 3.8) is 0 Å². The largest absolute Gasteiger partial charge is 0.460 e. The molecule has 1 rings (SSSR count). The first-order valence-corrected chi connectivity index (χ1v) is 9.10. The van der Waals surface area contributed by atoms with Crippen LogP contribution >= 0.6 is 0 Å². The second-order valence-corrected chi connectivity index (χ2v) is 6.26. The topological polar surface area (TPSA) is 35.5 Å². The van der Waals surface area contributed by atoms with Crippen molar-refractivity contribution in [1.82, 2.24) is 0 Å². The van der Waals surface area contributed by atoms with Crippen molar-refractivity contribution >= 4 is 5.97 Å². The maximum atomic E-state index is 11.6. The summed E-state index contributed by atoms with van der Waals surface area (Å²) in [4.78, 5) is 11.6. The van der Waals surface area contributed by atoms with Crippen LogP contribution in [-0.4, -0.2) is 25.3 Å². The Kier molecular flexibility index (Phi) is 11.5. The third-order valence-corrected chi connectivity index (χ3v) is 4.17. The third-order valence-electron chi connectivity index (χ3n) is 4.17. The Morgan fingerprint density at radius 2 is 1.52 bits per heavy atom. The predicted octanol–water partition coefficient (Wildman–Crippen LogP) is 5.02. The standard InChI is InChI=1S/C18H34O3/c1-2-3-4-5-6-7-8-9-10-11-12-13-18(19)21-17-14-15-20-16-17/h17H,2-16H2,1H3/t17-/m1/s1. The van der Waals surface area contributed by atoms with E-state index in [1.165, 1.54) is 57.8 Å². The minimum atomic E-state index is -0.0403. The minimum absolute atomic E-state index is 0.0187. The van der Waals surface area contributed by atoms with Crippen molar-refractivity contribution < 1.29 is 14.3 Å². The number of ether oxygens (including phenoxy) is 2. The fourth-order valence-electron chi connectivity index (χ4n) is 2.78. The smallest absolute Gasteiger partial charge is 0.306 e. The molecule has 1 heterocycles. The average molecular weight is 298 g/mol. The number of hydrogen-bond donors (Lipinski definition) is 0. The van der Waals surface area contributed by atoms with Crippen molar-refractivity contribution in [2.24, 2.45) is 0 Å². The molecular weight excluding hydrogens is 264 g/mol. The lowest BCUT2D eigenvalue weighted by Gasteiger charge is -2.09. The molecule has 1 aliphatic rings. The van der Waals surface area contributed by atoms with E-state index in [-0.39, 0.29) is 12.1 Å². The lowest BCUT2D eigenvalue weighted by molar-refractivity contribution is -0.149. The summed E-state index contributed by atoms with van der Waals surface area (Å²) in [7, 11) is 0. The maximum absolute atomic E-state index is 11.6. The highest BCUT2D eigenvalue weighted by atomic mass is 16.6. The summed E-state index contributed by atoms with van der Waals surface area (Å²) in [6, 6.07) is 0. The number of unbranched alkanes of at least 4 members (excludes halogenated alkanes) is 10. The second-order valence-electron chi connectivity index (χ2n) is 6.26. The summed E-state index contributed by atoms with van der Waals surface area (Å²) in [5.41, 5.74) is 0. The second kappa shape index (κ2) is 13.1. The van der Waals surface area contributed by atoms with Crippen molar-refractivity contribution in [3.05, 3.63) is 0 Å². The number of hydrogen-bond acceptors (Lipinski definition) is 3. The highest BCUT2D eigenvalue weighted by Gasteiger charge is 2.19. The molecule has 3 nitrogen and oxygen atoms in total.